The normalized spacial score (nSPS) is 13.0. The third-order valence-corrected chi connectivity index (χ3v) is 4.39. The molecule has 0 saturated carbocycles. The summed E-state index contributed by atoms with van der Waals surface area (Å²) in [5.74, 6) is 0.113. The van der Waals surface area contributed by atoms with E-state index < -0.39 is 9.84 Å². The van der Waals surface area contributed by atoms with Gasteiger partial charge in [-0.15, -0.1) is 0 Å². The van der Waals surface area contributed by atoms with Gasteiger partial charge in [-0.1, -0.05) is 54.6 Å². The van der Waals surface area contributed by atoms with Crippen LogP contribution in [-0.2, 0) is 16.3 Å². The molecule has 2 aromatic rings. The number of sulfone groups is 1. The molecule has 0 aliphatic rings. The standard InChI is InChI=1S/C17H21NO2S/c1-18-17(13-21(2,19)20)16-10-8-15(9-11-16)12-14-6-4-3-5-7-14/h3-11,17-18H,12-13H2,1-2H3. The van der Waals surface area contributed by atoms with Gasteiger partial charge in [-0.2, -0.15) is 0 Å². The lowest BCUT2D eigenvalue weighted by Crippen LogP contribution is -2.24. The summed E-state index contributed by atoms with van der Waals surface area (Å²) in [7, 11) is -1.22. The molecule has 1 atom stereocenters. The first kappa shape index (κ1) is 15.7. The van der Waals surface area contributed by atoms with Gasteiger partial charge in [-0.3, -0.25) is 0 Å². The zero-order valence-corrected chi connectivity index (χ0v) is 13.2. The predicted octanol–water partition coefficient (Wildman–Crippen LogP) is 2.58. The molecule has 21 heavy (non-hydrogen) atoms. The molecule has 2 aromatic carbocycles. The molecular weight excluding hydrogens is 282 g/mol. The molecule has 0 aromatic heterocycles. The van der Waals surface area contributed by atoms with Crippen LogP contribution in [0.25, 0.3) is 0 Å². The van der Waals surface area contributed by atoms with E-state index in [2.05, 4.69) is 29.6 Å². The molecule has 1 N–H and O–H groups in total. The van der Waals surface area contributed by atoms with Crippen LogP contribution >= 0.6 is 0 Å². The smallest absolute Gasteiger partial charge is 0.149 e. The summed E-state index contributed by atoms with van der Waals surface area (Å²) in [6.07, 6.45) is 2.15. The van der Waals surface area contributed by atoms with Crippen LogP contribution in [0, 0.1) is 0 Å². The van der Waals surface area contributed by atoms with Crippen LogP contribution in [0.1, 0.15) is 22.7 Å². The molecular formula is C17H21NO2S. The molecule has 0 amide bonds. The lowest BCUT2D eigenvalue weighted by atomic mass is 10.0. The van der Waals surface area contributed by atoms with E-state index in [0.717, 1.165) is 12.0 Å². The van der Waals surface area contributed by atoms with E-state index in [4.69, 9.17) is 0 Å². The van der Waals surface area contributed by atoms with E-state index in [0.29, 0.717) is 0 Å². The Hall–Kier alpha value is -1.65. The van der Waals surface area contributed by atoms with Crippen molar-refractivity contribution >= 4 is 9.84 Å². The summed E-state index contributed by atoms with van der Waals surface area (Å²) in [6.45, 7) is 0. The molecule has 3 nitrogen and oxygen atoms in total. The van der Waals surface area contributed by atoms with E-state index in [-0.39, 0.29) is 11.8 Å². The lowest BCUT2D eigenvalue weighted by molar-refractivity contribution is 0.579. The summed E-state index contributed by atoms with van der Waals surface area (Å²) in [4.78, 5) is 0. The van der Waals surface area contributed by atoms with Crippen molar-refractivity contribution in [1.82, 2.24) is 5.32 Å². The molecule has 112 valence electrons. The monoisotopic (exact) mass is 303 g/mol. The Balaban J connectivity index is 2.11. The van der Waals surface area contributed by atoms with Gasteiger partial charge in [0, 0.05) is 12.3 Å². The average Bonchev–Trinajstić information content (AvgIpc) is 2.46. The van der Waals surface area contributed by atoms with Gasteiger partial charge in [0.05, 0.1) is 5.75 Å². The number of rotatable bonds is 6. The molecule has 0 heterocycles. The Labute approximate surface area is 126 Å². The van der Waals surface area contributed by atoms with Gasteiger partial charge in [-0.05, 0) is 30.2 Å². The van der Waals surface area contributed by atoms with Gasteiger partial charge in [0.2, 0.25) is 0 Å². The molecule has 2 rings (SSSR count). The molecule has 0 fully saturated rings. The van der Waals surface area contributed by atoms with Crippen molar-refractivity contribution in [3.63, 3.8) is 0 Å². The van der Waals surface area contributed by atoms with Crippen molar-refractivity contribution in [2.45, 2.75) is 12.5 Å². The topological polar surface area (TPSA) is 46.2 Å². The molecule has 4 heteroatoms. The Bertz CT molecular complexity index is 664. The fraction of sp³-hybridized carbons (Fsp3) is 0.294. The average molecular weight is 303 g/mol. The molecule has 1 unspecified atom stereocenters. The van der Waals surface area contributed by atoms with Crippen LogP contribution in [0.15, 0.2) is 54.6 Å². The molecule has 0 bridgehead atoms. The third kappa shape index (κ3) is 4.99. The number of benzene rings is 2. The molecule has 0 aliphatic carbocycles. The van der Waals surface area contributed by atoms with Crippen molar-refractivity contribution in [3.05, 3.63) is 71.3 Å². The number of hydrogen-bond acceptors (Lipinski definition) is 3. The minimum absolute atomic E-state index is 0.113. The van der Waals surface area contributed by atoms with Gasteiger partial charge < -0.3 is 5.32 Å². The zero-order chi connectivity index (χ0) is 15.3. The second-order valence-corrected chi connectivity index (χ2v) is 7.52. The second kappa shape index (κ2) is 6.87. The number of hydrogen-bond donors (Lipinski definition) is 1. The first-order chi connectivity index (χ1) is 9.98. The first-order valence-electron chi connectivity index (χ1n) is 6.96. The minimum Gasteiger partial charge on any atom is -0.312 e. The molecule has 0 saturated heterocycles. The van der Waals surface area contributed by atoms with Crippen LogP contribution < -0.4 is 5.32 Å². The zero-order valence-electron chi connectivity index (χ0n) is 12.4. The maximum atomic E-state index is 11.4. The predicted molar refractivity (Wildman–Crippen MR) is 87.2 cm³/mol. The van der Waals surface area contributed by atoms with Gasteiger partial charge in [0.1, 0.15) is 9.84 Å². The number of nitrogens with one attached hydrogen (secondary N) is 1. The highest BCUT2D eigenvalue weighted by Gasteiger charge is 2.15. The van der Waals surface area contributed by atoms with Crippen molar-refractivity contribution < 1.29 is 8.42 Å². The quantitative estimate of drug-likeness (QED) is 0.892. The largest absolute Gasteiger partial charge is 0.312 e. The van der Waals surface area contributed by atoms with E-state index in [9.17, 15) is 8.42 Å². The molecule has 0 radical (unpaired) electrons. The van der Waals surface area contributed by atoms with Gasteiger partial charge >= 0.3 is 0 Å². The van der Waals surface area contributed by atoms with E-state index in [1.165, 1.54) is 17.4 Å². The van der Waals surface area contributed by atoms with Crippen LogP contribution in [0.2, 0.25) is 0 Å². The van der Waals surface area contributed by atoms with E-state index in [1.807, 2.05) is 30.3 Å². The Morgan fingerprint density at radius 1 is 0.952 bits per heavy atom. The SMILES string of the molecule is CNC(CS(C)(=O)=O)c1ccc(Cc2ccccc2)cc1. The summed E-state index contributed by atoms with van der Waals surface area (Å²) < 4.78 is 22.9. The van der Waals surface area contributed by atoms with Crippen LogP contribution in [0.5, 0.6) is 0 Å². The highest BCUT2D eigenvalue weighted by Crippen LogP contribution is 2.17. The first-order valence-corrected chi connectivity index (χ1v) is 9.02. The van der Waals surface area contributed by atoms with E-state index >= 15 is 0 Å². The minimum atomic E-state index is -3.00. The summed E-state index contributed by atoms with van der Waals surface area (Å²) in [5, 5.41) is 3.06. The van der Waals surface area contributed by atoms with E-state index in [1.54, 1.807) is 7.05 Å². The van der Waals surface area contributed by atoms with Crippen LogP contribution in [-0.4, -0.2) is 27.5 Å². The Kier molecular flexibility index (Phi) is 5.15. The highest BCUT2D eigenvalue weighted by molar-refractivity contribution is 7.90. The Morgan fingerprint density at radius 3 is 2.05 bits per heavy atom. The van der Waals surface area contributed by atoms with Gasteiger partial charge in [0.25, 0.3) is 0 Å². The van der Waals surface area contributed by atoms with Gasteiger partial charge in [0.15, 0.2) is 0 Å². The fourth-order valence-electron chi connectivity index (χ4n) is 2.35. The van der Waals surface area contributed by atoms with Crippen molar-refractivity contribution in [1.29, 1.82) is 0 Å². The maximum Gasteiger partial charge on any atom is 0.149 e. The second-order valence-electron chi connectivity index (χ2n) is 5.34. The highest BCUT2D eigenvalue weighted by atomic mass is 32.2. The third-order valence-electron chi connectivity index (χ3n) is 3.45. The van der Waals surface area contributed by atoms with Crippen molar-refractivity contribution in [2.75, 3.05) is 19.1 Å². The molecule has 0 spiro atoms. The maximum absolute atomic E-state index is 11.4. The van der Waals surface area contributed by atoms with Crippen molar-refractivity contribution in [2.24, 2.45) is 0 Å². The van der Waals surface area contributed by atoms with Crippen LogP contribution in [0.3, 0.4) is 0 Å². The Morgan fingerprint density at radius 2 is 1.52 bits per heavy atom. The lowest BCUT2D eigenvalue weighted by Gasteiger charge is -2.16. The fourth-order valence-corrected chi connectivity index (χ4v) is 3.31. The van der Waals surface area contributed by atoms with Crippen LogP contribution in [0.4, 0.5) is 0 Å². The summed E-state index contributed by atoms with van der Waals surface area (Å²) in [5.41, 5.74) is 3.49. The van der Waals surface area contributed by atoms with Gasteiger partial charge in [-0.25, -0.2) is 8.42 Å². The summed E-state index contributed by atoms with van der Waals surface area (Å²) in [6, 6.07) is 18.3. The summed E-state index contributed by atoms with van der Waals surface area (Å²) >= 11 is 0. The molecule has 0 aliphatic heterocycles. The van der Waals surface area contributed by atoms with Crippen molar-refractivity contribution in [3.8, 4) is 0 Å².